The number of hydrogen-bond donors (Lipinski definition) is 6. The molecule has 0 fully saturated rings. The Morgan fingerprint density at radius 3 is 1.95 bits per heavy atom. The Bertz CT molecular complexity index is 334. The first-order valence-corrected chi connectivity index (χ1v) is 7.90. The first-order valence-electron chi connectivity index (χ1n) is 4.84. The van der Waals surface area contributed by atoms with Gasteiger partial charge < -0.3 is 34.5 Å². The topological polar surface area (TPSA) is 183 Å². The zero-order valence-electron chi connectivity index (χ0n) is 9.60. The van der Waals surface area contributed by atoms with E-state index in [2.05, 4.69) is 9.05 Å². The molecule has 0 aliphatic carbocycles. The van der Waals surface area contributed by atoms with Crippen molar-refractivity contribution in [3.63, 3.8) is 0 Å². The fourth-order valence-electron chi connectivity index (χ4n) is 0.872. The molecule has 0 saturated heterocycles. The molecular weight excluding hydrogens is 310 g/mol. The normalized spacial score (nSPS) is 16.3. The van der Waals surface area contributed by atoms with Crippen LogP contribution in [-0.4, -0.2) is 68.4 Å². The van der Waals surface area contributed by atoms with Crippen LogP contribution in [0.3, 0.4) is 0 Å². The molecule has 6 N–H and O–H groups in total. The van der Waals surface area contributed by atoms with Crippen LogP contribution in [0.25, 0.3) is 0 Å². The number of aliphatic hydroxyl groups excluding tert-OH is 2. The zero-order valence-corrected chi connectivity index (χ0v) is 11.4. The molecule has 0 rings (SSSR count). The molecule has 0 amide bonds. The predicted molar refractivity (Wildman–Crippen MR) is 58.8 cm³/mol. The van der Waals surface area contributed by atoms with Crippen molar-refractivity contribution < 1.29 is 52.7 Å². The molecule has 0 heterocycles. The van der Waals surface area contributed by atoms with Gasteiger partial charge in [0.25, 0.3) is 0 Å². The fraction of sp³-hybridized carbons (Fsp3) is 1.00. The number of phosphoric ester groups is 2. The highest BCUT2D eigenvalue weighted by molar-refractivity contribution is 7.46. The van der Waals surface area contributed by atoms with E-state index in [1.807, 2.05) is 0 Å². The minimum Gasteiger partial charge on any atom is -0.394 e. The summed E-state index contributed by atoms with van der Waals surface area (Å²) < 4.78 is 34.0. The largest absolute Gasteiger partial charge is 0.470 e. The van der Waals surface area contributed by atoms with Crippen molar-refractivity contribution in [2.24, 2.45) is 0 Å². The molecule has 2 unspecified atom stereocenters. The lowest BCUT2D eigenvalue weighted by Crippen LogP contribution is -2.28. The van der Waals surface area contributed by atoms with E-state index in [0.717, 1.165) is 0 Å². The predicted octanol–water partition coefficient (Wildman–Crippen LogP) is -2.06. The molecule has 0 aliphatic rings. The number of phosphoric acid groups is 2. The Kier molecular flexibility index (Phi) is 8.45. The van der Waals surface area contributed by atoms with Crippen molar-refractivity contribution in [3.05, 3.63) is 0 Å². The van der Waals surface area contributed by atoms with Crippen LogP contribution in [0, 0.1) is 0 Å². The van der Waals surface area contributed by atoms with E-state index in [1.54, 1.807) is 0 Å². The van der Waals surface area contributed by atoms with Gasteiger partial charge in [-0.25, -0.2) is 9.13 Å². The summed E-state index contributed by atoms with van der Waals surface area (Å²) >= 11 is 0. The SMILES string of the molecule is O=P(O)(O)OCC(COCC(O)CO)OP(=O)(O)O. The van der Waals surface area contributed by atoms with Gasteiger partial charge in [0.2, 0.25) is 0 Å². The lowest BCUT2D eigenvalue weighted by molar-refractivity contribution is -0.0351. The maximum Gasteiger partial charge on any atom is 0.470 e. The van der Waals surface area contributed by atoms with Gasteiger partial charge in [-0.15, -0.1) is 0 Å². The molecule has 0 aromatic carbocycles. The Morgan fingerprint density at radius 2 is 1.53 bits per heavy atom. The summed E-state index contributed by atoms with van der Waals surface area (Å²) in [7, 11) is -9.72. The number of hydrogen-bond acceptors (Lipinski definition) is 7. The first kappa shape index (κ1) is 19.1. The molecule has 0 aromatic heterocycles. The summed E-state index contributed by atoms with van der Waals surface area (Å²) in [6.45, 7) is -2.27. The monoisotopic (exact) mass is 326 g/mol. The van der Waals surface area contributed by atoms with Crippen molar-refractivity contribution >= 4 is 15.6 Å². The third kappa shape index (κ3) is 12.9. The van der Waals surface area contributed by atoms with E-state index in [-0.39, 0.29) is 6.61 Å². The summed E-state index contributed by atoms with van der Waals surface area (Å²) in [5.74, 6) is 0. The molecule has 2 atom stereocenters. The number of aliphatic hydroxyl groups is 2. The Morgan fingerprint density at radius 1 is 0.947 bits per heavy atom. The van der Waals surface area contributed by atoms with E-state index in [0.29, 0.717) is 0 Å². The van der Waals surface area contributed by atoms with Crippen LogP contribution in [0.1, 0.15) is 0 Å². The Hall–Kier alpha value is 0.1000. The van der Waals surface area contributed by atoms with E-state index in [4.69, 9.17) is 34.5 Å². The summed E-state index contributed by atoms with van der Waals surface area (Å²) in [5, 5.41) is 17.4. The fourth-order valence-corrected chi connectivity index (χ4v) is 1.74. The minimum absolute atomic E-state index is 0.354. The average molecular weight is 326 g/mol. The van der Waals surface area contributed by atoms with Crippen LogP contribution < -0.4 is 0 Å². The third-order valence-electron chi connectivity index (χ3n) is 1.54. The lowest BCUT2D eigenvalue weighted by Gasteiger charge is -2.19. The second-order valence-corrected chi connectivity index (χ2v) is 5.81. The standard InChI is InChI=1S/C6H16O11P2/c7-1-5(8)2-15-3-6(17-19(12,13)14)4-16-18(9,10)11/h5-8H,1-4H2,(H2,9,10,11)(H2,12,13,14). The molecule has 116 valence electrons. The Balaban J connectivity index is 4.26. The number of rotatable bonds is 10. The van der Waals surface area contributed by atoms with Gasteiger partial charge in [0.05, 0.1) is 26.4 Å². The van der Waals surface area contributed by atoms with E-state index in [9.17, 15) is 9.13 Å². The molecule has 0 bridgehead atoms. The molecular formula is C6H16O11P2. The zero-order chi connectivity index (χ0) is 15.1. The van der Waals surface area contributed by atoms with Gasteiger partial charge in [0, 0.05) is 0 Å². The molecule has 0 aliphatic heterocycles. The summed E-state index contributed by atoms with van der Waals surface area (Å²) in [4.78, 5) is 34.0. The third-order valence-corrected chi connectivity index (χ3v) is 2.60. The van der Waals surface area contributed by atoms with Crippen LogP contribution in [0.15, 0.2) is 0 Å². The molecule has 0 spiro atoms. The Labute approximate surface area is 108 Å². The molecule has 19 heavy (non-hydrogen) atoms. The summed E-state index contributed by atoms with van der Waals surface area (Å²) in [5.41, 5.74) is 0. The van der Waals surface area contributed by atoms with Crippen molar-refractivity contribution in [2.45, 2.75) is 12.2 Å². The lowest BCUT2D eigenvalue weighted by atomic mass is 10.4. The van der Waals surface area contributed by atoms with Gasteiger partial charge >= 0.3 is 15.6 Å². The summed E-state index contributed by atoms with van der Waals surface area (Å²) in [6.07, 6.45) is -2.65. The van der Waals surface area contributed by atoms with Crippen LogP contribution in [0.5, 0.6) is 0 Å². The quantitative estimate of drug-likeness (QED) is 0.243. The first-order chi connectivity index (χ1) is 8.53. The van der Waals surface area contributed by atoms with Crippen molar-refractivity contribution in [1.29, 1.82) is 0 Å². The van der Waals surface area contributed by atoms with Crippen LogP contribution in [0.2, 0.25) is 0 Å². The smallest absolute Gasteiger partial charge is 0.394 e. The highest BCUT2D eigenvalue weighted by Gasteiger charge is 2.26. The van der Waals surface area contributed by atoms with Crippen LogP contribution in [-0.2, 0) is 22.9 Å². The second-order valence-electron chi connectivity index (χ2n) is 3.38. The van der Waals surface area contributed by atoms with Crippen molar-refractivity contribution in [3.8, 4) is 0 Å². The molecule has 11 nitrogen and oxygen atoms in total. The second kappa shape index (κ2) is 8.40. The van der Waals surface area contributed by atoms with Gasteiger partial charge in [-0.3, -0.25) is 9.05 Å². The average Bonchev–Trinajstić information content (AvgIpc) is 2.22. The van der Waals surface area contributed by atoms with Gasteiger partial charge in [-0.05, 0) is 0 Å². The van der Waals surface area contributed by atoms with Gasteiger partial charge in [0.1, 0.15) is 12.2 Å². The highest BCUT2D eigenvalue weighted by atomic mass is 31.2. The molecule has 13 heteroatoms. The van der Waals surface area contributed by atoms with Crippen LogP contribution in [0.4, 0.5) is 0 Å². The molecule has 0 radical (unpaired) electrons. The maximum absolute atomic E-state index is 10.6. The van der Waals surface area contributed by atoms with E-state index < -0.39 is 47.7 Å². The number of ether oxygens (including phenoxy) is 1. The molecule has 0 saturated carbocycles. The minimum atomic E-state index is -4.90. The van der Waals surface area contributed by atoms with Crippen LogP contribution >= 0.6 is 15.6 Å². The van der Waals surface area contributed by atoms with E-state index in [1.165, 1.54) is 0 Å². The molecule has 0 aromatic rings. The van der Waals surface area contributed by atoms with Gasteiger partial charge in [-0.2, -0.15) is 0 Å². The van der Waals surface area contributed by atoms with E-state index >= 15 is 0 Å². The maximum atomic E-state index is 10.6. The van der Waals surface area contributed by atoms with Crippen molar-refractivity contribution in [1.82, 2.24) is 0 Å². The van der Waals surface area contributed by atoms with Gasteiger partial charge in [0.15, 0.2) is 0 Å². The van der Waals surface area contributed by atoms with Gasteiger partial charge in [-0.1, -0.05) is 0 Å². The van der Waals surface area contributed by atoms with Crippen molar-refractivity contribution in [2.75, 3.05) is 26.4 Å². The summed E-state index contributed by atoms with van der Waals surface area (Å²) in [6, 6.07) is 0. The highest BCUT2D eigenvalue weighted by Crippen LogP contribution is 2.40.